The highest BCUT2D eigenvalue weighted by Gasteiger charge is 2.40. The predicted molar refractivity (Wildman–Crippen MR) is 115 cm³/mol. The number of fused-ring (bicyclic) bond motifs is 1. The second kappa shape index (κ2) is 9.53. The summed E-state index contributed by atoms with van der Waals surface area (Å²) in [6, 6.07) is 13.1. The van der Waals surface area contributed by atoms with Crippen molar-refractivity contribution in [3.8, 4) is 11.5 Å². The Morgan fingerprint density at radius 2 is 1.81 bits per heavy atom. The van der Waals surface area contributed by atoms with Crippen LogP contribution in [0.1, 0.15) is 43.4 Å². The first kappa shape index (κ1) is 23.5. The van der Waals surface area contributed by atoms with E-state index >= 15 is 0 Å². The van der Waals surface area contributed by atoms with Gasteiger partial charge in [-0.05, 0) is 29.7 Å². The summed E-state index contributed by atoms with van der Waals surface area (Å²) in [6.45, 7) is 1.90. The summed E-state index contributed by atoms with van der Waals surface area (Å²) < 4.78 is 49.4. The lowest BCUT2D eigenvalue weighted by molar-refractivity contribution is -0.153. The molecule has 8 heteroatoms. The Hall–Kier alpha value is -2.19. The molecule has 0 aliphatic carbocycles. The summed E-state index contributed by atoms with van der Waals surface area (Å²) in [5, 5.41) is 3.55. The van der Waals surface area contributed by atoms with Gasteiger partial charge in [-0.3, -0.25) is 10.1 Å². The number of carbonyl (C=O) groups excluding carboxylic acids is 1. The molecule has 0 unspecified atom stereocenters. The molecule has 0 aromatic heterocycles. The van der Waals surface area contributed by atoms with Crippen molar-refractivity contribution in [2.75, 3.05) is 20.0 Å². The van der Waals surface area contributed by atoms with Crippen molar-refractivity contribution in [1.82, 2.24) is 5.32 Å². The highest BCUT2D eigenvalue weighted by atomic mass is 32.2. The number of halogens is 3. The Bertz CT molecular complexity index is 920. The van der Waals surface area contributed by atoms with E-state index in [4.69, 9.17) is 9.47 Å². The second-order valence-corrected chi connectivity index (χ2v) is 8.68. The summed E-state index contributed by atoms with van der Waals surface area (Å²) >= 11 is 1.52. The third kappa shape index (κ3) is 5.54. The molecule has 0 bridgehead atoms. The molecule has 31 heavy (non-hydrogen) atoms. The molecule has 2 atom stereocenters. The van der Waals surface area contributed by atoms with E-state index in [1.54, 1.807) is 14.2 Å². The molecule has 0 radical (unpaired) electrons. The molecule has 1 aliphatic rings. The number of hydrogen-bond acceptors (Lipinski definition) is 5. The Morgan fingerprint density at radius 3 is 2.39 bits per heavy atom. The highest BCUT2D eigenvalue weighted by molar-refractivity contribution is 7.99. The third-order valence-electron chi connectivity index (χ3n) is 5.52. The van der Waals surface area contributed by atoms with Crippen molar-refractivity contribution < 1.29 is 27.4 Å². The molecule has 0 saturated heterocycles. The largest absolute Gasteiger partial charge is 0.493 e. The number of ether oxygens (including phenoxy) is 2. The Kier molecular flexibility index (Phi) is 7.21. The van der Waals surface area contributed by atoms with E-state index in [0.717, 1.165) is 16.0 Å². The van der Waals surface area contributed by atoms with Crippen LogP contribution in [0.25, 0.3) is 0 Å². The number of methoxy groups -OCH3 is 2. The Balaban J connectivity index is 2.05. The first-order valence-electron chi connectivity index (χ1n) is 10.00. The van der Waals surface area contributed by atoms with Crippen molar-refractivity contribution in [1.29, 1.82) is 0 Å². The van der Waals surface area contributed by atoms with E-state index in [2.05, 4.69) is 5.32 Å². The molecular formula is C23H26F3NO3S. The van der Waals surface area contributed by atoms with Crippen molar-refractivity contribution in [3.63, 3.8) is 0 Å². The van der Waals surface area contributed by atoms with Gasteiger partial charge in [-0.25, -0.2) is 0 Å². The maximum atomic E-state index is 12.8. The minimum Gasteiger partial charge on any atom is -0.493 e. The molecule has 0 saturated carbocycles. The van der Waals surface area contributed by atoms with Gasteiger partial charge < -0.3 is 9.47 Å². The fourth-order valence-corrected chi connectivity index (χ4v) is 5.23. The van der Waals surface area contributed by atoms with Crippen LogP contribution in [0.3, 0.4) is 0 Å². The molecule has 168 valence electrons. The number of nitrogens with one attached hydrogen (secondary N) is 1. The van der Waals surface area contributed by atoms with E-state index < -0.39 is 23.9 Å². The number of thioether (sulfide) groups is 1. The second-order valence-electron chi connectivity index (χ2n) is 7.66. The Labute approximate surface area is 184 Å². The first-order chi connectivity index (χ1) is 14.7. The van der Waals surface area contributed by atoms with E-state index in [1.165, 1.54) is 11.8 Å². The standard InChI is InChI=1S/C23H26F3NO3S/c1-4-22(12-16(28)13-23(24,25)26)14-31-20-11-19(30-3)18(29-2)10-17(20)21(27-22)15-8-6-5-7-9-15/h5-11,21,27H,4,12-14H2,1-3H3/t21-,22-/m0/s1. The van der Waals surface area contributed by atoms with Crippen LogP contribution in [0.5, 0.6) is 11.5 Å². The van der Waals surface area contributed by atoms with Crippen LogP contribution in [0, 0.1) is 0 Å². The predicted octanol–water partition coefficient (Wildman–Crippen LogP) is 5.55. The molecule has 0 spiro atoms. The monoisotopic (exact) mass is 453 g/mol. The lowest BCUT2D eigenvalue weighted by Crippen LogP contribution is -2.50. The minimum absolute atomic E-state index is 0.193. The lowest BCUT2D eigenvalue weighted by Gasteiger charge is -2.35. The highest BCUT2D eigenvalue weighted by Crippen LogP contribution is 2.45. The molecule has 0 fully saturated rings. The van der Waals surface area contributed by atoms with Crippen molar-refractivity contribution in [3.05, 3.63) is 53.6 Å². The average Bonchev–Trinajstić information content (AvgIpc) is 2.89. The fourth-order valence-electron chi connectivity index (χ4n) is 3.87. The maximum absolute atomic E-state index is 12.8. The molecule has 2 aromatic rings. The quantitative estimate of drug-likeness (QED) is 0.596. The van der Waals surface area contributed by atoms with E-state index in [9.17, 15) is 18.0 Å². The molecular weight excluding hydrogens is 427 g/mol. The molecule has 1 aliphatic heterocycles. The minimum atomic E-state index is -4.51. The topological polar surface area (TPSA) is 47.6 Å². The summed E-state index contributed by atoms with van der Waals surface area (Å²) in [7, 11) is 3.12. The van der Waals surface area contributed by atoms with E-state index in [-0.39, 0.29) is 12.5 Å². The molecule has 1 heterocycles. The van der Waals surface area contributed by atoms with E-state index in [0.29, 0.717) is 23.7 Å². The van der Waals surface area contributed by atoms with Crippen molar-refractivity contribution in [2.45, 2.75) is 48.8 Å². The number of benzene rings is 2. The third-order valence-corrected chi connectivity index (χ3v) is 6.89. The van der Waals surface area contributed by atoms with Crippen molar-refractivity contribution >= 4 is 17.5 Å². The lowest BCUT2D eigenvalue weighted by atomic mass is 9.87. The first-order valence-corrected chi connectivity index (χ1v) is 11.0. The molecule has 4 nitrogen and oxygen atoms in total. The van der Waals surface area contributed by atoms with Crippen LogP contribution in [0.15, 0.2) is 47.4 Å². The molecule has 0 amide bonds. The Morgan fingerprint density at radius 1 is 1.16 bits per heavy atom. The molecule has 3 rings (SSSR count). The van der Waals surface area contributed by atoms with Gasteiger partial charge in [0.25, 0.3) is 0 Å². The van der Waals surface area contributed by atoms with Crippen LogP contribution < -0.4 is 14.8 Å². The zero-order valence-corrected chi connectivity index (χ0v) is 18.5. The normalized spacial score (nSPS) is 21.2. The van der Waals surface area contributed by atoms with Gasteiger partial charge in [0, 0.05) is 22.6 Å². The smallest absolute Gasteiger partial charge is 0.395 e. The fraction of sp³-hybridized carbons (Fsp3) is 0.435. The molecule has 2 aromatic carbocycles. The SMILES string of the molecule is CC[C@]1(CC(=O)CC(F)(F)F)CSc2cc(OC)c(OC)cc2[C@H](c2ccccc2)N1. The van der Waals surface area contributed by atoms with Gasteiger partial charge in [-0.2, -0.15) is 13.2 Å². The van der Waals surface area contributed by atoms with Crippen LogP contribution >= 0.6 is 11.8 Å². The zero-order chi connectivity index (χ0) is 22.6. The van der Waals surface area contributed by atoms with Crippen molar-refractivity contribution in [2.24, 2.45) is 0 Å². The summed E-state index contributed by atoms with van der Waals surface area (Å²) in [6.07, 6.45) is -5.60. The van der Waals surface area contributed by atoms with Gasteiger partial charge in [0.15, 0.2) is 11.5 Å². The number of rotatable bonds is 7. The maximum Gasteiger partial charge on any atom is 0.395 e. The zero-order valence-electron chi connectivity index (χ0n) is 17.7. The van der Waals surface area contributed by atoms with Crippen LogP contribution in [0.2, 0.25) is 0 Å². The average molecular weight is 454 g/mol. The van der Waals surface area contributed by atoms with Gasteiger partial charge in [-0.15, -0.1) is 11.8 Å². The number of hydrogen-bond donors (Lipinski definition) is 1. The van der Waals surface area contributed by atoms with Gasteiger partial charge in [-0.1, -0.05) is 37.3 Å². The van der Waals surface area contributed by atoms with Gasteiger partial charge in [0.2, 0.25) is 0 Å². The van der Waals surface area contributed by atoms with Crippen LogP contribution in [0.4, 0.5) is 13.2 Å². The van der Waals surface area contributed by atoms with E-state index in [1.807, 2.05) is 49.4 Å². The van der Waals surface area contributed by atoms with Crippen LogP contribution in [-0.4, -0.2) is 37.5 Å². The number of alkyl halides is 3. The summed E-state index contributed by atoms with van der Waals surface area (Å²) in [5.41, 5.74) is 1.11. The van der Waals surface area contributed by atoms with Crippen LogP contribution in [-0.2, 0) is 4.79 Å². The number of Topliss-reactive ketones (excluding diaryl/α,β-unsaturated/α-hetero) is 1. The molecule has 1 N–H and O–H groups in total. The summed E-state index contributed by atoms with van der Waals surface area (Å²) in [4.78, 5) is 13.3. The number of ketones is 1. The van der Waals surface area contributed by atoms with Gasteiger partial charge in [0.1, 0.15) is 12.2 Å². The van der Waals surface area contributed by atoms with Gasteiger partial charge >= 0.3 is 6.18 Å². The van der Waals surface area contributed by atoms with Gasteiger partial charge in [0.05, 0.1) is 20.3 Å². The summed E-state index contributed by atoms with van der Waals surface area (Å²) in [5.74, 6) is 0.800. The number of carbonyl (C=O) groups is 1.